The molecule has 23 heavy (non-hydrogen) atoms. The maximum atomic E-state index is 13.0. The van der Waals surface area contributed by atoms with Crippen LogP contribution >= 0.6 is 0 Å². The molecule has 0 unspecified atom stereocenters. The Morgan fingerprint density at radius 2 is 1.78 bits per heavy atom. The van der Waals surface area contributed by atoms with Crippen molar-refractivity contribution in [2.45, 2.75) is 4.90 Å². The SMILES string of the molecule is CS(=O)(=O)c1ccc(-n2ncc(-c3ccc(F)cc3)c2O)nc1. The number of hydrogen-bond acceptors (Lipinski definition) is 5. The van der Waals surface area contributed by atoms with E-state index < -0.39 is 9.84 Å². The van der Waals surface area contributed by atoms with Crippen molar-refractivity contribution in [3.63, 3.8) is 0 Å². The molecule has 3 aromatic rings. The molecule has 0 spiro atoms. The summed E-state index contributed by atoms with van der Waals surface area (Å²) in [6, 6.07) is 8.44. The largest absolute Gasteiger partial charge is 0.493 e. The van der Waals surface area contributed by atoms with E-state index in [-0.39, 0.29) is 22.4 Å². The minimum absolute atomic E-state index is 0.0756. The number of sulfone groups is 1. The predicted molar refractivity (Wildman–Crippen MR) is 81.5 cm³/mol. The van der Waals surface area contributed by atoms with Crippen LogP contribution in [0.1, 0.15) is 0 Å². The molecular weight excluding hydrogens is 321 g/mol. The second-order valence-electron chi connectivity index (χ2n) is 4.92. The number of nitrogens with zero attached hydrogens (tertiary/aromatic N) is 3. The summed E-state index contributed by atoms with van der Waals surface area (Å²) in [4.78, 5) is 4.07. The van der Waals surface area contributed by atoms with Gasteiger partial charge in [0.2, 0.25) is 5.88 Å². The second kappa shape index (κ2) is 5.47. The van der Waals surface area contributed by atoms with Gasteiger partial charge < -0.3 is 5.11 Å². The molecule has 118 valence electrons. The normalized spacial score (nSPS) is 11.6. The zero-order chi connectivity index (χ0) is 16.6. The van der Waals surface area contributed by atoms with Crippen molar-refractivity contribution in [1.29, 1.82) is 0 Å². The van der Waals surface area contributed by atoms with Gasteiger partial charge in [-0.1, -0.05) is 12.1 Å². The summed E-state index contributed by atoms with van der Waals surface area (Å²) in [6.07, 6.45) is 3.71. The zero-order valence-electron chi connectivity index (χ0n) is 12.0. The minimum atomic E-state index is -3.34. The fourth-order valence-electron chi connectivity index (χ4n) is 2.06. The van der Waals surface area contributed by atoms with Crippen LogP contribution in [0.5, 0.6) is 5.88 Å². The van der Waals surface area contributed by atoms with Gasteiger partial charge in [0.15, 0.2) is 15.7 Å². The first-order valence-electron chi connectivity index (χ1n) is 6.55. The smallest absolute Gasteiger partial charge is 0.223 e. The van der Waals surface area contributed by atoms with Gasteiger partial charge in [0, 0.05) is 12.5 Å². The van der Waals surface area contributed by atoms with Crippen LogP contribution in [0.15, 0.2) is 53.7 Å². The third-order valence-corrected chi connectivity index (χ3v) is 4.36. The average Bonchev–Trinajstić information content (AvgIpc) is 2.89. The maximum Gasteiger partial charge on any atom is 0.223 e. The number of halogens is 1. The van der Waals surface area contributed by atoms with Gasteiger partial charge in [0.1, 0.15) is 5.82 Å². The fourth-order valence-corrected chi connectivity index (χ4v) is 2.62. The molecule has 0 saturated carbocycles. The van der Waals surface area contributed by atoms with E-state index in [2.05, 4.69) is 10.1 Å². The molecule has 0 atom stereocenters. The Hall–Kier alpha value is -2.74. The summed E-state index contributed by atoms with van der Waals surface area (Å²) in [5.74, 6) is -0.280. The maximum absolute atomic E-state index is 13.0. The van der Waals surface area contributed by atoms with Crippen LogP contribution < -0.4 is 0 Å². The van der Waals surface area contributed by atoms with E-state index in [1.807, 2.05) is 0 Å². The van der Waals surface area contributed by atoms with Crippen LogP contribution in [0.3, 0.4) is 0 Å². The molecule has 8 heteroatoms. The number of aromatic hydroxyl groups is 1. The van der Waals surface area contributed by atoms with Crippen LogP contribution in [0.4, 0.5) is 4.39 Å². The fraction of sp³-hybridized carbons (Fsp3) is 0.0667. The van der Waals surface area contributed by atoms with Crippen molar-refractivity contribution in [2.24, 2.45) is 0 Å². The van der Waals surface area contributed by atoms with E-state index in [0.29, 0.717) is 11.1 Å². The Balaban J connectivity index is 2.00. The molecule has 0 saturated heterocycles. The molecule has 3 rings (SSSR count). The van der Waals surface area contributed by atoms with E-state index in [0.717, 1.165) is 6.26 Å². The van der Waals surface area contributed by atoms with Crippen molar-refractivity contribution in [3.8, 4) is 22.8 Å². The van der Waals surface area contributed by atoms with Crippen molar-refractivity contribution in [3.05, 3.63) is 54.6 Å². The molecule has 0 bridgehead atoms. The summed E-state index contributed by atoms with van der Waals surface area (Å²) in [5.41, 5.74) is 1.02. The molecule has 0 aliphatic carbocycles. The molecule has 1 aromatic carbocycles. The summed E-state index contributed by atoms with van der Waals surface area (Å²) >= 11 is 0. The van der Waals surface area contributed by atoms with Crippen molar-refractivity contribution < 1.29 is 17.9 Å². The van der Waals surface area contributed by atoms with E-state index in [4.69, 9.17) is 0 Å². The molecular formula is C15H12FN3O3S. The lowest BCUT2D eigenvalue weighted by Gasteiger charge is -2.04. The van der Waals surface area contributed by atoms with Crippen LogP contribution in [0.25, 0.3) is 16.9 Å². The third kappa shape index (κ3) is 2.93. The van der Waals surface area contributed by atoms with Gasteiger partial charge in [-0.15, -0.1) is 0 Å². The van der Waals surface area contributed by atoms with Gasteiger partial charge in [-0.05, 0) is 29.8 Å². The molecule has 6 nitrogen and oxygen atoms in total. The highest BCUT2D eigenvalue weighted by Gasteiger charge is 2.15. The Kier molecular flexibility index (Phi) is 3.61. The van der Waals surface area contributed by atoms with Crippen molar-refractivity contribution in [1.82, 2.24) is 14.8 Å². The number of rotatable bonds is 3. The van der Waals surface area contributed by atoms with Gasteiger partial charge >= 0.3 is 0 Å². The molecule has 0 aliphatic rings. The quantitative estimate of drug-likeness (QED) is 0.794. The number of hydrogen-bond donors (Lipinski definition) is 1. The monoisotopic (exact) mass is 333 g/mol. The molecule has 2 aromatic heterocycles. The van der Waals surface area contributed by atoms with Gasteiger partial charge in [-0.3, -0.25) is 0 Å². The van der Waals surface area contributed by atoms with Crippen LogP contribution in [-0.4, -0.2) is 34.5 Å². The zero-order valence-corrected chi connectivity index (χ0v) is 12.8. The third-order valence-electron chi connectivity index (χ3n) is 3.26. The van der Waals surface area contributed by atoms with E-state index in [1.54, 1.807) is 0 Å². The minimum Gasteiger partial charge on any atom is -0.493 e. The van der Waals surface area contributed by atoms with E-state index in [9.17, 15) is 17.9 Å². The summed E-state index contributed by atoms with van der Waals surface area (Å²) in [5, 5.41) is 14.3. The highest BCUT2D eigenvalue weighted by atomic mass is 32.2. The predicted octanol–water partition coefficient (Wildman–Crippen LogP) is 2.18. The molecule has 0 radical (unpaired) electrons. The highest BCUT2D eigenvalue weighted by molar-refractivity contribution is 7.90. The second-order valence-corrected chi connectivity index (χ2v) is 6.94. The molecule has 2 heterocycles. The van der Waals surface area contributed by atoms with Gasteiger partial charge in [-0.2, -0.15) is 9.78 Å². The Morgan fingerprint density at radius 1 is 1.09 bits per heavy atom. The van der Waals surface area contributed by atoms with Crippen molar-refractivity contribution in [2.75, 3.05) is 6.26 Å². The lowest BCUT2D eigenvalue weighted by molar-refractivity contribution is 0.433. The van der Waals surface area contributed by atoms with Crippen molar-refractivity contribution >= 4 is 9.84 Å². The summed E-state index contributed by atoms with van der Waals surface area (Å²) < 4.78 is 37.0. The summed E-state index contributed by atoms with van der Waals surface area (Å²) in [7, 11) is -3.34. The van der Waals surface area contributed by atoms with Crippen LogP contribution in [-0.2, 0) is 9.84 Å². The molecule has 1 N–H and O–H groups in total. The summed E-state index contributed by atoms with van der Waals surface area (Å²) in [6.45, 7) is 0. The lowest BCUT2D eigenvalue weighted by atomic mass is 10.1. The van der Waals surface area contributed by atoms with Gasteiger partial charge in [0.25, 0.3) is 0 Å². The number of aromatic nitrogens is 3. The van der Waals surface area contributed by atoms with E-state index in [1.165, 1.54) is 53.5 Å². The first-order chi connectivity index (χ1) is 10.9. The highest BCUT2D eigenvalue weighted by Crippen LogP contribution is 2.30. The average molecular weight is 333 g/mol. The Bertz CT molecular complexity index is 949. The first kappa shape index (κ1) is 15.2. The number of pyridine rings is 1. The lowest BCUT2D eigenvalue weighted by Crippen LogP contribution is -2.02. The Morgan fingerprint density at radius 3 is 2.35 bits per heavy atom. The molecule has 0 fully saturated rings. The van der Waals surface area contributed by atoms with Gasteiger partial charge in [-0.25, -0.2) is 17.8 Å². The topological polar surface area (TPSA) is 85.1 Å². The van der Waals surface area contributed by atoms with Crippen LogP contribution in [0, 0.1) is 5.82 Å². The van der Waals surface area contributed by atoms with Crippen LogP contribution in [0.2, 0.25) is 0 Å². The van der Waals surface area contributed by atoms with Gasteiger partial charge in [0.05, 0.1) is 16.7 Å². The molecule has 0 amide bonds. The number of benzene rings is 1. The Labute approximate surface area is 131 Å². The first-order valence-corrected chi connectivity index (χ1v) is 8.45. The van der Waals surface area contributed by atoms with E-state index >= 15 is 0 Å². The molecule has 0 aliphatic heterocycles. The standard InChI is InChI=1S/C15H12FN3O3S/c1-23(21,22)12-6-7-14(17-8-12)19-15(20)13(9-18-19)10-2-4-11(16)5-3-10/h2-9,20H,1H3.